The zero-order valence-corrected chi connectivity index (χ0v) is 16.5. The third-order valence-corrected chi connectivity index (χ3v) is 5.46. The summed E-state index contributed by atoms with van der Waals surface area (Å²) in [6.45, 7) is 1.07. The van der Waals surface area contributed by atoms with Gasteiger partial charge >= 0.3 is 11.7 Å². The smallest absolute Gasteiger partial charge is 0.328 e. The second-order valence-electron chi connectivity index (χ2n) is 7.60. The minimum atomic E-state index is -0.455. The van der Waals surface area contributed by atoms with Gasteiger partial charge in [0.25, 0.3) is 5.56 Å². The molecule has 0 bridgehead atoms. The number of halogens is 1. The predicted molar refractivity (Wildman–Crippen MR) is 110 cm³/mol. The maximum Gasteiger partial charge on any atom is 0.328 e. The molecule has 1 aromatic heterocycles. The van der Waals surface area contributed by atoms with Crippen molar-refractivity contribution in [1.29, 1.82) is 0 Å². The number of hydrogen-bond acceptors (Lipinski definition) is 5. The van der Waals surface area contributed by atoms with Gasteiger partial charge in [0.05, 0.1) is 16.8 Å². The van der Waals surface area contributed by atoms with Gasteiger partial charge in [-0.05, 0) is 36.9 Å². The van der Waals surface area contributed by atoms with Crippen LogP contribution in [0.1, 0.15) is 18.1 Å². The maximum atomic E-state index is 13.1. The topological polar surface area (TPSA) is 84.4 Å². The van der Waals surface area contributed by atoms with Crippen LogP contribution in [-0.2, 0) is 16.1 Å². The van der Waals surface area contributed by atoms with Crippen LogP contribution >= 0.6 is 0 Å². The van der Waals surface area contributed by atoms with Crippen LogP contribution in [0.5, 0.6) is 0 Å². The zero-order valence-electron chi connectivity index (χ0n) is 16.5. The molecule has 2 unspecified atom stereocenters. The summed E-state index contributed by atoms with van der Waals surface area (Å²) in [5, 5.41) is 0.460. The number of nitrogens with zero attached hydrogens (tertiary/aromatic N) is 2. The van der Waals surface area contributed by atoms with Gasteiger partial charge in [-0.2, -0.15) is 0 Å². The molecule has 1 aliphatic heterocycles. The van der Waals surface area contributed by atoms with Crippen molar-refractivity contribution >= 4 is 16.9 Å². The van der Waals surface area contributed by atoms with E-state index < -0.39 is 5.69 Å². The molecule has 3 aromatic rings. The Morgan fingerprint density at radius 2 is 1.87 bits per heavy atom. The van der Waals surface area contributed by atoms with Crippen molar-refractivity contribution in [1.82, 2.24) is 14.5 Å². The highest BCUT2D eigenvalue weighted by molar-refractivity contribution is 5.77. The number of ether oxygens (including phenoxy) is 1. The molecular formula is C22H22FN3O4. The number of H-pyrrole nitrogens is 1. The molecule has 0 aliphatic carbocycles. The molecule has 0 spiro atoms. The largest absolute Gasteiger partial charge is 0.457 e. The Bertz CT molecular complexity index is 1190. The lowest BCUT2D eigenvalue weighted by atomic mass is 10.00. The molecular weight excluding hydrogens is 389 g/mol. The van der Waals surface area contributed by atoms with E-state index in [0.717, 1.165) is 5.56 Å². The zero-order chi connectivity index (χ0) is 21.3. The van der Waals surface area contributed by atoms with Crippen molar-refractivity contribution in [2.75, 3.05) is 20.1 Å². The summed E-state index contributed by atoms with van der Waals surface area (Å²) in [5.74, 6) is -0.952. The molecule has 1 N–H and O–H groups in total. The standard InChI is InChI=1S/C22H22FN3O4/c1-25(10-11-26-20(27)17-4-2-3-5-18(17)24-22(26)29)13-15-12-19(30-21(15)28)14-6-8-16(23)9-7-14/h2-9,15,19H,10-13H2,1H3,(H,24,29). The lowest BCUT2D eigenvalue weighted by molar-refractivity contribution is -0.144. The predicted octanol–water partition coefficient (Wildman–Crippen LogP) is 2.07. The van der Waals surface area contributed by atoms with E-state index in [4.69, 9.17) is 4.74 Å². The van der Waals surface area contributed by atoms with Crippen molar-refractivity contribution in [2.24, 2.45) is 5.92 Å². The number of fused-ring (bicyclic) bond motifs is 1. The average Bonchev–Trinajstić information content (AvgIpc) is 3.08. The minimum Gasteiger partial charge on any atom is -0.457 e. The lowest BCUT2D eigenvalue weighted by Crippen LogP contribution is -2.39. The number of esters is 1. The second-order valence-corrected chi connectivity index (χ2v) is 7.60. The summed E-state index contributed by atoms with van der Waals surface area (Å²) < 4.78 is 19.7. The van der Waals surface area contributed by atoms with Gasteiger partial charge in [-0.3, -0.25) is 14.2 Å². The molecule has 156 valence electrons. The first-order valence-corrected chi connectivity index (χ1v) is 9.79. The van der Waals surface area contributed by atoms with Crippen LogP contribution in [0.2, 0.25) is 0 Å². The minimum absolute atomic E-state index is 0.207. The van der Waals surface area contributed by atoms with Gasteiger partial charge in [0.15, 0.2) is 0 Å². The van der Waals surface area contributed by atoms with Crippen molar-refractivity contribution in [3.8, 4) is 0 Å². The summed E-state index contributed by atoms with van der Waals surface area (Å²) in [4.78, 5) is 41.8. The SMILES string of the molecule is CN(CCn1c(=O)[nH]c2ccccc2c1=O)CC1CC(c2ccc(F)cc2)OC1=O. The number of para-hydroxylation sites is 1. The number of aromatic amines is 1. The first-order valence-electron chi connectivity index (χ1n) is 9.79. The summed E-state index contributed by atoms with van der Waals surface area (Å²) >= 11 is 0. The van der Waals surface area contributed by atoms with E-state index in [2.05, 4.69) is 4.98 Å². The summed E-state index contributed by atoms with van der Waals surface area (Å²) in [5.41, 5.74) is 0.491. The van der Waals surface area contributed by atoms with Crippen LogP contribution in [-0.4, -0.2) is 40.6 Å². The maximum absolute atomic E-state index is 13.1. The van der Waals surface area contributed by atoms with E-state index in [9.17, 15) is 18.8 Å². The van der Waals surface area contributed by atoms with Gasteiger partial charge in [0.1, 0.15) is 11.9 Å². The number of aromatic nitrogens is 2. The van der Waals surface area contributed by atoms with Gasteiger partial charge in [-0.1, -0.05) is 24.3 Å². The van der Waals surface area contributed by atoms with Gasteiger partial charge in [-0.15, -0.1) is 0 Å². The Labute approximate surface area is 171 Å². The highest BCUT2D eigenvalue weighted by Crippen LogP contribution is 2.33. The van der Waals surface area contributed by atoms with Crippen LogP contribution < -0.4 is 11.2 Å². The highest BCUT2D eigenvalue weighted by Gasteiger charge is 2.35. The number of rotatable bonds is 6. The molecule has 30 heavy (non-hydrogen) atoms. The van der Waals surface area contributed by atoms with Crippen LogP contribution in [0.4, 0.5) is 4.39 Å². The molecule has 1 aliphatic rings. The third kappa shape index (κ3) is 4.04. The van der Waals surface area contributed by atoms with Gasteiger partial charge in [0, 0.05) is 26.1 Å². The summed E-state index contributed by atoms with van der Waals surface area (Å²) in [6.07, 6.45) is 0.119. The Morgan fingerprint density at radius 1 is 1.13 bits per heavy atom. The van der Waals surface area contributed by atoms with Crippen LogP contribution in [0.25, 0.3) is 10.9 Å². The normalized spacial score (nSPS) is 18.8. The molecule has 8 heteroatoms. The van der Waals surface area contributed by atoms with Gasteiger partial charge in [-0.25, -0.2) is 9.18 Å². The van der Waals surface area contributed by atoms with Crippen molar-refractivity contribution in [3.63, 3.8) is 0 Å². The molecule has 2 heterocycles. The van der Waals surface area contributed by atoms with E-state index in [1.807, 2.05) is 11.9 Å². The van der Waals surface area contributed by atoms with Crippen LogP contribution in [0.3, 0.4) is 0 Å². The molecule has 1 saturated heterocycles. The number of carbonyl (C=O) groups excluding carboxylic acids is 1. The van der Waals surface area contributed by atoms with E-state index >= 15 is 0 Å². The number of cyclic esters (lactones) is 1. The molecule has 0 saturated carbocycles. The fourth-order valence-corrected chi connectivity index (χ4v) is 3.81. The third-order valence-electron chi connectivity index (χ3n) is 5.46. The number of nitrogens with one attached hydrogen (secondary N) is 1. The fraction of sp³-hybridized carbons (Fsp3) is 0.318. The number of carbonyl (C=O) groups is 1. The van der Waals surface area contributed by atoms with Gasteiger partial charge in [0.2, 0.25) is 0 Å². The van der Waals surface area contributed by atoms with E-state index in [1.165, 1.54) is 16.7 Å². The molecule has 4 rings (SSSR count). The Hall–Kier alpha value is -3.26. The fourth-order valence-electron chi connectivity index (χ4n) is 3.81. The van der Waals surface area contributed by atoms with E-state index in [1.54, 1.807) is 36.4 Å². The van der Waals surface area contributed by atoms with Crippen molar-refractivity contribution in [3.05, 3.63) is 80.7 Å². The Morgan fingerprint density at radius 3 is 2.63 bits per heavy atom. The van der Waals surface area contributed by atoms with Gasteiger partial charge < -0.3 is 14.6 Å². The van der Waals surface area contributed by atoms with Crippen molar-refractivity contribution in [2.45, 2.75) is 19.1 Å². The molecule has 2 atom stereocenters. The molecule has 7 nitrogen and oxygen atoms in total. The molecule has 0 radical (unpaired) electrons. The number of likely N-dealkylation sites (N-methyl/N-ethyl adjacent to an activating group) is 1. The monoisotopic (exact) mass is 411 g/mol. The first-order chi connectivity index (χ1) is 14.4. The molecule has 0 amide bonds. The first kappa shape index (κ1) is 20.0. The van der Waals surface area contributed by atoms with E-state index in [0.29, 0.717) is 30.4 Å². The summed E-state index contributed by atoms with van der Waals surface area (Å²) in [6, 6.07) is 12.8. The quantitative estimate of drug-likeness (QED) is 0.628. The number of benzene rings is 2. The molecule has 1 fully saturated rings. The molecule has 2 aromatic carbocycles. The highest BCUT2D eigenvalue weighted by atomic mass is 19.1. The van der Waals surface area contributed by atoms with Crippen molar-refractivity contribution < 1.29 is 13.9 Å². The van der Waals surface area contributed by atoms with Crippen LogP contribution in [0.15, 0.2) is 58.1 Å². The Kier molecular flexibility index (Phi) is 5.50. The average molecular weight is 411 g/mol. The summed E-state index contributed by atoms with van der Waals surface area (Å²) in [7, 11) is 1.83. The number of hydrogen-bond donors (Lipinski definition) is 1. The lowest BCUT2D eigenvalue weighted by Gasteiger charge is -2.19. The van der Waals surface area contributed by atoms with Crippen LogP contribution in [0, 0.1) is 11.7 Å². The second kappa shape index (κ2) is 8.23. The Balaban J connectivity index is 1.39. The van der Waals surface area contributed by atoms with E-state index in [-0.39, 0.29) is 35.9 Å².